The minimum atomic E-state index is -3.32. The minimum Gasteiger partial charge on any atom is -0.330 e. The topological polar surface area (TPSA) is 66.6 Å². The summed E-state index contributed by atoms with van der Waals surface area (Å²) in [5.74, 6) is 0.309. The second-order valence-electron chi connectivity index (χ2n) is 5.07. The molecule has 0 bridgehead atoms. The molecule has 0 amide bonds. The lowest BCUT2D eigenvalue weighted by Gasteiger charge is -2.36. The molecule has 0 radical (unpaired) electrons. The number of nitrogens with zero attached hydrogens (tertiary/aromatic N) is 2. The van der Waals surface area contributed by atoms with Gasteiger partial charge in [-0.1, -0.05) is 13.8 Å². The van der Waals surface area contributed by atoms with E-state index < -0.39 is 10.2 Å². The zero-order valence-electron chi connectivity index (χ0n) is 11.8. The molecule has 2 unspecified atom stereocenters. The average Bonchev–Trinajstić information content (AvgIpc) is 2.39. The molecule has 1 rings (SSSR count). The summed E-state index contributed by atoms with van der Waals surface area (Å²) in [5.41, 5.74) is 5.67. The molecule has 0 aromatic rings. The van der Waals surface area contributed by atoms with Crippen LogP contribution in [-0.2, 0) is 10.2 Å². The fourth-order valence-electron chi connectivity index (χ4n) is 2.48. The third kappa shape index (κ3) is 3.44. The average molecular weight is 277 g/mol. The molecule has 0 saturated carbocycles. The molecular weight excluding hydrogens is 250 g/mol. The molecule has 5 nitrogen and oxygen atoms in total. The molecule has 2 atom stereocenters. The van der Waals surface area contributed by atoms with E-state index in [4.69, 9.17) is 5.73 Å². The van der Waals surface area contributed by atoms with Crippen LogP contribution < -0.4 is 5.73 Å². The Bertz CT molecular complexity index is 345. The maximum absolute atomic E-state index is 12.6. The van der Waals surface area contributed by atoms with Crippen molar-refractivity contribution in [1.82, 2.24) is 8.61 Å². The van der Waals surface area contributed by atoms with Gasteiger partial charge in [-0.3, -0.25) is 0 Å². The molecular formula is C12H27N3O2S. The summed E-state index contributed by atoms with van der Waals surface area (Å²) in [6.07, 6.45) is 2.79. The van der Waals surface area contributed by atoms with Gasteiger partial charge in [0.2, 0.25) is 0 Å². The van der Waals surface area contributed by atoms with Crippen LogP contribution in [0.1, 0.15) is 40.0 Å². The Hall–Kier alpha value is -0.170. The number of hydrogen-bond acceptors (Lipinski definition) is 3. The van der Waals surface area contributed by atoms with Gasteiger partial charge in [0.1, 0.15) is 0 Å². The molecule has 0 aliphatic carbocycles. The summed E-state index contributed by atoms with van der Waals surface area (Å²) in [7, 11) is -3.32. The number of rotatable bonds is 6. The van der Waals surface area contributed by atoms with E-state index in [1.165, 1.54) is 0 Å². The van der Waals surface area contributed by atoms with Crippen LogP contribution in [0.25, 0.3) is 0 Å². The van der Waals surface area contributed by atoms with Crippen molar-refractivity contribution in [2.45, 2.75) is 46.1 Å². The summed E-state index contributed by atoms with van der Waals surface area (Å²) in [4.78, 5) is 0. The van der Waals surface area contributed by atoms with Crippen LogP contribution in [0.5, 0.6) is 0 Å². The van der Waals surface area contributed by atoms with Crippen molar-refractivity contribution in [1.29, 1.82) is 0 Å². The predicted molar refractivity (Wildman–Crippen MR) is 74.4 cm³/mol. The smallest absolute Gasteiger partial charge is 0.282 e. The molecule has 108 valence electrons. The minimum absolute atomic E-state index is 0.0539. The van der Waals surface area contributed by atoms with Crippen molar-refractivity contribution >= 4 is 10.2 Å². The highest BCUT2D eigenvalue weighted by atomic mass is 32.2. The molecule has 0 aromatic heterocycles. The summed E-state index contributed by atoms with van der Waals surface area (Å²) in [5, 5.41) is 0. The van der Waals surface area contributed by atoms with Gasteiger partial charge >= 0.3 is 0 Å². The number of piperidine rings is 1. The Morgan fingerprint density at radius 1 is 1.44 bits per heavy atom. The molecule has 2 N–H and O–H groups in total. The van der Waals surface area contributed by atoms with Gasteiger partial charge in [-0.25, -0.2) is 0 Å². The Kier molecular flexibility index (Phi) is 6.04. The van der Waals surface area contributed by atoms with Crippen LogP contribution in [0.2, 0.25) is 0 Å². The molecule has 0 spiro atoms. The van der Waals surface area contributed by atoms with E-state index in [0.29, 0.717) is 32.1 Å². The molecule has 1 aliphatic heterocycles. The highest BCUT2D eigenvalue weighted by molar-refractivity contribution is 7.86. The van der Waals surface area contributed by atoms with Crippen LogP contribution in [-0.4, -0.2) is 49.2 Å². The van der Waals surface area contributed by atoms with Crippen molar-refractivity contribution in [2.24, 2.45) is 11.7 Å². The highest BCUT2D eigenvalue weighted by Crippen LogP contribution is 2.22. The summed E-state index contributed by atoms with van der Waals surface area (Å²) < 4.78 is 28.4. The largest absolute Gasteiger partial charge is 0.330 e. The SMILES string of the molecule is CCC(C)N(CC)S(=O)(=O)N1CCCC(CN)C1. The van der Waals surface area contributed by atoms with E-state index in [0.717, 1.165) is 19.3 Å². The zero-order chi connectivity index (χ0) is 13.8. The lowest BCUT2D eigenvalue weighted by atomic mass is 10.0. The van der Waals surface area contributed by atoms with Gasteiger partial charge in [-0.15, -0.1) is 0 Å². The van der Waals surface area contributed by atoms with Gasteiger partial charge in [-0.05, 0) is 38.6 Å². The standard InChI is InChI=1S/C12H27N3O2S/c1-4-11(3)15(5-2)18(16,17)14-8-6-7-12(9-13)10-14/h11-12H,4-10,13H2,1-3H3. The summed E-state index contributed by atoms with van der Waals surface area (Å²) in [6, 6.07) is 0.0539. The lowest BCUT2D eigenvalue weighted by molar-refractivity contribution is 0.238. The molecule has 18 heavy (non-hydrogen) atoms. The first-order valence-corrected chi connectivity index (χ1v) is 8.34. The van der Waals surface area contributed by atoms with Gasteiger partial charge in [0.15, 0.2) is 0 Å². The number of hydrogen-bond donors (Lipinski definition) is 1. The Morgan fingerprint density at radius 3 is 2.61 bits per heavy atom. The van der Waals surface area contributed by atoms with E-state index in [2.05, 4.69) is 0 Å². The van der Waals surface area contributed by atoms with E-state index in [9.17, 15) is 8.42 Å². The van der Waals surface area contributed by atoms with Crippen molar-refractivity contribution in [3.63, 3.8) is 0 Å². The Balaban J connectivity index is 2.83. The zero-order valence-corrected chi connectivity index (χ0v) is 12.6. The van der Waals surface area contributed by atoms with Crippen LogP contribution in [0.3, 0.4) is 0 Å². The monoisotopic (exact) mass is 277 g/mol. The molecule has 1 fully saturated rings. The quantitative estimate of drug-likeness (QED) is 0.788. The second-order valence-corrected chi connectivity index (χ2v) is 6.95. The lowest BCUT2D eigenvalue weighted by Crippen LogP contribution is -2.51. The molecule has 0 aromatic carbocycles. The first-order valence-electron chi connectivity index (χ1n) is 6.94. The Labute approximate surface area is 112 Å². The van der Waals surface area contributed by atoms with Crippen LogP contribution in [0, 0.1) is 5.92 Å². The normalized spacial score (nSPS) is 24.4. The van der Waals surface area contributed by atoms with E-state index in [-0.39, 0.29) is 6.04 Å². The van der Waals surface area contributed by atoms with Crippen LogP contribution in [0.15, 0.2) is 0 Å². The van der Waals surface area contributed by atoms with Crippen molar-refractivity contribution in [3.8, 4) is 0 Å². The fraction of sp³-hybridized carbons (Fsp3) is 1.00. The predicted octanol–water partition coefficient (Wildman–Crippen LogP) is 1.02. The van der Waals surface area contributed by atoms with Crippen molar-refractivity contribution < 1.29 is 8.42 Å². The second kappa shape index (κ2) is 6.84. The molecule has 1 saturated heterocycles. The van der Waals surface area contributed by atoms with Gasteiger partial charge < -0.3 is 5.73 Å². The summed E-state index contributed by atoms with van der Waals surface area (Å²) in [6.45, 7) is 8.18. The third-order valence-electron chi connectivity index (χ3n) is 3.83. The third-order valence-corrected chi connectivity index (χ3v) is 6.03. The van der Waals surface area contributed by atoms with E-state index in [1.54, 1.807) is 8.61 Å². The van der Waals surface area contributed by atoms with Crippen molar-refractivity contribution in [3.05, 3.63) is 0 Å². The molecule has 1 aliphatic rings. The van der Waals surface area contributed by atoms with Gasteiger partial charge in [0, 0.05) is 25.7 Å². The highest BCUT2D eigenvalue weighted by Gasteiger charge is 2.34. The first kappa shape index (κ1) is 15.9. The van der Waals surface area contributed by atoms with Gasteiger partial charge in [-0.2, -0.15) is 17.0 Å². The maximum atomic E-state index is 12.6. The van der Waals surface area contributed by atoms with Gasteiger partial charge in [0.25, 0.3) is 10.2 Å². The first-order chi connectivity index (χ1) is 8.47. The Morgan fingerprint density at radius 2 is 2.11 bits per heavy atom. The summed E-state index contributed by atoms with van der Waals surface area (Å²) >= 11 is 0. The fourth-order valence-corrected chi connectivity index (χ4v) is 4.47. The number of nitrogens with two attached hydrogens (primary N) is 1. The molecule has 6 heteroatoms. The molecule has 1 heterocycles. The van der Waals surface area contributed by atoms with Crippen LogP contribution >= 0.6 is 0 Å². The maximum Gasteiger partial charge on any atom is 0.282 e. The van der Waals surface area contributed by atoms with Crippen molar-refractivity contribution in [2.75, 3.05) is 26.2 Å². The van der Waals surface area contributed by atoms with Gasteiger partial charge in [0.05, 0.1) is 0 Å². The van der Waals surface area contributed by atoms with Crippen LogP contribution in [0.4, 0.5) is 0 Å². The van der Waals surface area contributed by atoms with E-state index in [1.807, 2.05) is 20.8 Å². The van der Waals surface area contributed by atoms with E-state index >= 15 is 0 Å².